The Balaban J connectivity index is 1.85. The first-order valence-corrected chi connectivity index (χ1v) is 6.40. The Labute approximate surface area is 110 Å². The molecule has 0 radical (unpaired) electrons. The number of halogens is 1. The van der Waals surface area contributed by atoms with E-state index in [9.17, 15) is 4.79 Å². The van der Waals surface area contributed by atoms with E-state index < -0.39 is 0 Å². The molecule has 1 saturated heterocycles. The van der Waals surface area contributed by atoms with Gasteiger partial charge in [-0.25, -0.2) is 0 Å². The van der Waals surface area contributed by atoms with Crippen molar-refractivity contribution in [2.24, 2.45) is 0 Å². The van der Waals surface area contributed by atoms with Crippen LogP contribution < -0.4 is 10.6 Å². The smallest absolute Gasteiger partial charge is 0.267 e. The highest BCUT2D eigenvalue weighted by Crippen LogP contribution is 2.23. The fraction of sp³-hybridized carbons (Fsp3) is 0.308. The molecule has 1 fully saturated rings. The minimum absolute atomic E-state index is 0.0732. The number of benzene rings is 1. The first-order chi connectivity index (χ1) is 8.74. The summed E-state index contributed by atoms with van der Waals surface area (Å²) in [5.41, 5.74) is 1.45. The van der Waals surface area contributed by atoms with Crippen molar-refractivity contribution in [1.29, 1.82) is 0 Å². The second-order valence-corrected chi connectivity index (χ2v) is 4.95. The van der Waals surface area contributed by atoms with Crippen LogP contribution in [0.3, 0.4) is 0 Å². The summed E-state index contributed by atoms with van der Waals surface area (Å²) >= 11 is 6.08. The summed E-state index contributed by atoms with van der Waals surface area (Å²) in [7, 11) is 0. The van der Waals surface area contributed by atoms with Crippen molar-refractivity contribution in [2.75, 3.05) is 13.1 Å². The monoisotopic (exact) mass is 263 g/mol. The summed E-state index contributed by atoms with van der Waals surface area (Å²) in [5.74, 6) is -0.0732. The van der Waals surface area contributed by atoms with E-state index in [1.807, 2.05) is 18.2 Å². The van der Waals surface area contributed by atoms with Gasteiger partial charge in [0.15, 0.2) is 0 Å². The van der Waals surface area contributed by atoms with Crippen LogP contribution in [0.4, 0.5) is 0 Å². The van der Waals surface area contributed by atoms with Gasteiger partial charge in [-0.1, -0.05) is 17.7 Å². The van der Waals surface area contributed by atoms with Gasteiger partial charge in [0.25, 0.3) is 5.91 Å². The van der Waals surface area contributed by atoms with E-state index in [0.717, 1.165) is 30.4 Å². The van der Waals surface area contributed by atoms with Crippen molar-refractivity contribution in [3.05, 3.63) is 35.0 Å². The number of H-pyrrole nitrogens is 1. The van der Waals surface area contributed by atoms with E-state index >= 15 is 0 Å². The van der Waals surface area contributed by atoms with Crippen LogP contribution >= 0.6 is 11.6 Å². The second-order valence-electron chi connectivity index (χ2n) is 4.55. The molecule has 1 aromatic heterocycles. The molecule has 0 bridgehead atoms. The molecular formula is C13H14ClN3O. The molecular weight excluding hydrogens is 250 g/mol. The SMILES string of the molecule is O=C(NC1CCNC1)c1cc2c(Cl)cccc2[nH]1. The van der Waals surface area contributed by atoms with Crippen LogP contribution in [0.5, 0.6) is 0 Å². The molecule has 2 aromatic rings. The molecule has 1 aliphatic rings. The highest BCUT2D eigenvalue weighted by molar-refractivity contribution is 6.35. The Morgan fingerprint density at radius 1 is 1.44 bits per heavy atom. The lowest BCUT2D eigenvalue weighted by atomic mass is 10.2. The summed E-state index contributed by atoms with van der Waals surface area (Å²) in [5, 5.41) is 7.76. The van der Waals surface area contributed by atoms with Gasteiger partial charge >= 0.3 is 0 Å². The van der Waals surface area contributed by atoms with Crippen LogP contribution in [0.2, 0.25) is 5.02 Å². The number of carbonyl (C=O) groups is 1. The molecule has 0 aliphatic carbocycles. The van der Waals surface area contributed by atoms with Crippen LogP contribution in [0.1, 0.15) is 16.9 Å². The lowest BCUT2D eigenvalue weighted by Gasteiger charge is -2.09. The molecule has 18 heavy (non-hydrogen) atoms. The molecule has 1 aliphatic heterocycles. The predicted octanol–water partition coefficient (Wildman–Crippen LogP) is 1.91. The minimum atomic E-state index is -0.0732. The number of aromatic amines is 1. The average Bonchev–Trinajstić information content (AvgIpc) is 2.97. The number of hydrogen-bond donors (Lipinski definition) is 3. The number of hydrogen-bond acceptors (Lipinski definition) is 2. The maximum absolute atomic E-state index is 12.1. The van der Waals surface area contributed by atoms with Crippen molar-refractivity contribution in [3.63, 3.8) is 0 Å². The van der Waals surface area contributed by atoms with Gasteiger partial charge in [0, 0.05) is 28.5 Å². The molecule has 0 spiro atoms. The van der Waals surface area contributed by atoms with E-state index in [0.29, 0.717) is 10.7 Å². The molecule has 94 valence electrons. The Hall–Kier alpha value is -1.52. The van der Waals surface area contributed by atoms with Crippen molar-refractivity contribution >= 4 is 28.4 Å². The van der Waals surface area contributed by atoms with E-state index in [1.165, 1.54) is 0 Å². The Bertz CT molecular complexity index is 587. The van der Waals surface area contributed by atoms with E-state index in [1.54, 1.807) is 6.07 Å². The third-order valence-corrected chi connectivity index (χ3v) is 3.58. The van der Waals surface area contributed by atoms with Gasteiger partial charge in [-0.2, -0.15) is 0 Å². The third kappa shape index (κ3) is 2.09. The van der Waals surface area contributed by atoms with Crippen LogP contribution in [-0.4, -0.2) is 30.0 Å². The lowest BCUT2D eigenvalue weighted by molar-refractivity contribution is 0.0936. The molecule has 1 aromatic carbocycles. The normalized spacial score (nSPS) is 19.3. The zero-order valence-electron chi connectivity index (χ0n) is 9.79. The topological polar surface area (TPSA) is 56.9 Å². The lowest BCUT2D eigenvalue weighted by Crippen LogP contribution is -2.36. The molecule has 1 amide bonds. The quantitative estimate of drug-likeness (QED) is 0.775. The van der Waals surface area contributed by atoms with Gasteiger partial charge in [0.1, 0.15) is 5.69 Å². The molecule has 5 heteroatoms. The number of amides is 1. The van der Waals surface area contributed by atoms with Gasteiger partial charge < -0.3 is 15.6 Å². The number of fused-ring (bicyclic) bond motifs is 1. The number of rotatable bonds is 2. The Kier molecular flexibility index (Phi) is 2.97. The summed E-state index contributed by atoms with van der Waals surface area (Å²) in [4.78, 5) is 15.2. The van der Waals surface area contributed by atoms with Gasteiger partial charge in [-0.3, -0.25) is 4.79 Å². The Morgan fingerprint density at radius 2 is 2.33 bits per heavy atom. The number of carbonyl (C=O) groups excluding carboxylic acids is 1. The van der Waals surface area contributed by atoms with Gasteiger partial charge in [-0.05, 0) is 31.2 Å². The van der Waals surface area contributed by atoms with Gasteiger partial charge in [0.05, 0.1) is 0 Å². The fourth-order valence-corrected chi connectivity index (χ4v) is 2.51. The van der Waals surface area contributed by atoms with Crippen LogP contribution in [0.15, 0.2) is 24.3 Å². The van der Waals surface area contributed by atoms with E-state index in [2.05, 4.69) is 15.6 Å². The summed E-state index contributed by atoms with van der Waals surface area (Å²) in [6, 6.07) is 7.62. The van der Waals surface area contributed by atoms with Crippen molar-refractivity contribution in [1.82, 2.24) is 15.6 Å². The summed E-state index contributed by atoms with van der Waals surface area (Å²) in [6.45, 7) is 1.80. The molecule has 3 N–H and O–H groups in total. The van der Waals surface area contributed by atoms with Crippen molar-refractivity contribution in [3.8, 4) is 0 Å². The molecule has 0 saturated carbocycles. The van der Waals surface area contributed by atoms with Crippen LogP contribution in [0.25, 0.3) is 10.9 Å². The molecule has 3 rings (SSSR count). The minimum Gasteiger partial charge on any atom is -0.350 e. The highest BCUT2D eigenvalue weighted by Gasteiger charge is 2.18. The Morgan fingerprint density at radius 3 is 3.06 bits per heavy atom. The van der Waals surface area contributed by atoms with E-state index in [4.69, 9.17) is 11.6 Å². The van der Waals surface area contributed by atoms with Crippen LogP contribution in [-0.2, 0) is 0 Å². The molecule has 1 unspecified atom stereocenters. The highest BCUT2D eigenvalue weighted by atomic mass is 35.5. The average molecular weight is 264 g/mol. The molecule has 4 nitrogen and oxygen atoms in total. The maximum Gasteiger partial charge on any atom is 0.267 e. The zero-order chi connectivity index (χ0) is 12.5. The third-order valence-electron chi connectivity index (χ3n) is 3.25. The number of nitrogens with one attached hydrogen (secondary N) is 3. The van der Waals surface area contributed by atoms with E-state index in [-0.39, 0.29) is 11.9 Å². The molecule has 2 heterocycles. The summed E-state index contributed by atoms with van der Waals surface area (Å²) in [6.07, 6.45) is 0.979. The first kappa shape index (κ1) is 11.6. The standard InChI is InChI=1S/C13H14ClN3O/c14-10-2-1-3-11-9(10)6-12(17-11)13(18)16-8-4-5-15-7-8/h1-3,6,8,15,17H,4-5,7H2,(H,16,18). The number of aromatic nitrogens is 1. The van der Waals surface area contributed by atoms with Crippen LogP contribution in [0, 0.1) is 0 Å². The first-order valence-electron chi connectivity index (χ1n) is 6.03. The molecule has 1 atom stereocenters. The zero-order valence-corrected chi connectivity index (χ0v) is 10.6. The maximum atomic E-state index is 12.1. The fourth-order valence-electron chi connectivity index (χ4n) is 2.28. The van der Waals surface area contributed by atoms with Crippen molar-refractivity contribution < 1.29 is 4.79 Å². The summed E-state index contributed by atoms with van der Waals surface area (Å²) < 4.78 is 0. The largest absolute Gasteiger partial charge is 0.350 e. The van der Waals surface area contributed by atoms with Crippen molar-refractivity contribution in [2.45, 2.75) is 12.5 Å². The second kappa shape index (κ2) is 4.63. The van der Waals surface area contributed by atoms with Gasteiger partial charge in [-0.15, -0.1) is 0 Å². The predicted molar refractivity (Wildman–Crippen MR) is 72.0 cm³/mol. The van der Waals surface area contributed by atoms with Gasteiger partial charge in [0.2, 0.25) is 0 Å².